The molecule has 1 aliphatic rings. The molecular formula is C23H30N2O4S. The summed E-state index contributed by atoms with van der Waals surface area (Å²) in [5.74, 6) is 1.57. The molecule has 3 rings (SSSR count). The van der Waals surface area contributed by atoms with Gasteiger partial charge >= 0.3 is 0 Å². The van der Waals surface area contributed by atoms with E-state index in [0.717, 1.165) is 41.9 Å². The maximum absolute atomic E-state index is 13.1. The molecule has 2 aromatic rings. The first-order chi connectivity index (χ1) is 14.5. The van der Waals surface area contributed by atoms with Crippen LogP contribution in [0.3, 0.4) is 0 Å². The first-order valence-electron chi connectivity index (χ1n) is 10.4. The lowest BCUT2D eigenvalue weighted by Crippen LogP contribution is -2.40. The van der Waals surface area contributed by atoms with Gasteiger partial charge in [-0.15, -0.1) is 11.3 Å². The minimum atomic E-state index is -0.0968. The molecule has 1 atom stereocenters. The third-order valence-corrected chi connectivity index (χ3v) is 6.37. The number of hydrogen-bond acceptors (Lipinski definition) is 5. The summed E-state index contributed by atoms with van der Waals surface area (Å²) >= 11 is 1.67. The van der Waals surface area contributed by atoms with Crippen LogP contribution in [0.5, 0.6) is 11.5 Å². The lowest BCUT2D eigenvalue weighted by atomic mass is 9.90. The number of nitrogens with zero attached hydrogens (tertiary/aromatic N) is 1. The summed E-state index contributed by atoms with van der Waals surface area (Å²) in [4.78, 5) is 27.2. The van der Waals surface area contributed by atoms with Crippen LogP contribution in [-0.2, 0) is 16.0 Å². The average molecular weight is 431 g/mol. The molecule has 162 valence electrons. The first kappa shape index (κ1) is 22.2. The number of ether oxygens (including phenoxy) is 2. The van der Waals surface area contributed by atoms with E-state index >= 15 is 0 Å². The van der Waals surface area contributed by atoms with E-state index in [2.05, 4.69) is 16.8 Å². The van der Waals surface area contributed by atoms with Gasteiger partial charge in [-0.1, -0.05) is 12.5 Å². The summed E-state index contributed by atoms with van der Waals surface area (Å²) in [7, 11) is 3.28. The second-order valence-electron chi connectivity index (χ2n) is 7.45. The van der Waals surface area contributed by atoms with Gasteiger partial charge < -0.3 is 19.7 Å². The molecule has 2 heterocycles. The van der Waals surface area contributed by atoms with Crippen molar-refractivity contribution in [3.8, 4) is 11.5 Å². The van der Waals surface area contributed by atoms with Crippen molar-refractivity contribution >= 4 is 23.2 Å². The van der Waals surface area contributed by atoms with Crippen LogP contribution in [0, 0.1) is 0 Å². The molecule has 0 aliphatic carbocycles. The quantitative estimate of drug-likeness (QED) is 0.612. The highest BCUT2D eigenvalue weighted by atomic mass is 32.1. The lowest BCUT2D eigenvalue weighted by Gasteiger charge is -2.37. The largest absolute Gasteiger partial charge is 0.493 e. The number of carbonyl (C=O) groups is 2. The standard InChI is InChI=1S/C23H30N2O4S/c1-16(26)24-11-6-4-5-9-22(27)25-12-10-17-14-19(28-2)20(29-3)15-18(17)23(25)21-8-7-13-30-21/h7-8,13-15,23H,4-6,9-12H2,1-3H3,(H,24,26). The zero-order valence-electron chi connectivity index (χ0n) is 17.9. The van der Waals surface area contributed by atoms with Gasteiger partial charge in [0, 0.05) is 31.3 Å². The van der Waals surface area contributed by atoms with E-state index in [1.54, 1.807) is 25.6 Å². The van der Waals surface area contributed by atoms with Gasteiger partial charge in [0.2, 0.25) is 11.8 Å². The molecule has 1 unspecified atom stereocenters. The van der Waals surface area contributed by atoms with Crippen molar-refractivity contribution in [2.75, 3.05) is 27.3 Å². The normalized spacial score (nSPS) is 15.4. The van der Waals surface area contributed by atoms with E-state index in [1.165, 1.54) is 12.5 Å². The van der Waals surface area contributed by atoms with E-state index in [0.29, 0.717) is 25.3 Å². The Hall–Kier alpha value is -2.54. The van der Waals surface area contributed by atoms with Crippen LogP contribution < -0.4 is 14.8 Å². The number of benzene rings is 1. The molecule has 30 heavy (non-hydrogen) atoms. The maximum Gasteiger partial charge on any atom is 0.223 e. The molecule has 2 amide bonds. The predicted octanol–water partition coefficient (Wildman–Crippen LogP) is 3.94. The molecule has 0 saturated carbocycles. The molecule has 0 bridgehead atoms. The van der Waals surface area contributed by atoms with E-state index in [1.807, 2.05) is 23.1 Å². The third-order valence-electron chi connectivity index (χ3n) is 5.45. The number of methoxy groups -OCH3 is 2. The zero-order valence-corrected chi connectivity index (χ0v) is 18.7. The molecule has 0 saturated heterocycles. The minimum absolute atomic E-state index is 0.0103. The van der Waals surface area contributed by atoms with Crippen molar-refractivity contribution in [1.29, 1.82) is 0 Å². The zero-order chi connectivity index (χ0) is 21.5. The number of rotatable bonds is 9. The summed E-state index contributed by atoms with van der Waals surface area (Å²) < 4.78 is 11.0. The molecule has 0 radical (unpaired) electrons. The second-order valence-corrected chi connectivity index (χ2v) is 8.43. The van der Waals surface area contributed by atoms with Crippen molar-refractivity contribution in [3.05, 3.63) is 45.6 Å². The summed E-state index contributed by atoms with van der Waals surface area (Å²) in [5.41, 5.74) is 2.31. The fourth-order valence-electron chi connectivity index (χ4n) is 3.95. The van der Waals surface area contributed by atoms with Gasteiger partial charge in [0.25, 0.3) is 0 Å². The average Bonchev–Trinajstić information content (AvgIpc) is 3.28. The predicted molar refractivity (Wildman–Crippen MR) is 118 cm³/mol. The molecule has 1 N–H and O–H groups in total. The Morgan fingerprint density at radius 3 is 2.60 bits per heavy atom. The van der Waals surface area contributed by atoms with Gasteiger partial charge in [0.05, 0.1) is 20.3 Å². The number of amides is 2. The van der Waals surface area contributed by atoms with Crippen LogP contribution in [0.4, 0.5) is 0 Å². The number of unbranched alkanes of at least 4 members (excludes halogenated alkanes) is 2. The van der Waals surface area contributed by atoms with E-state index in [9.17, 15) is 9.59 Å². The summed E-state index contributed by atoms with van der Waals surface area (Å²) in [6.45, 7) is 2.88. The lowest BCUT2D eigenvalue weighted by molar-refractivity contribution is -0.133. The Morgan fingerprint density at radius 1 is 1.17 bits per heavy atom. The monoisotopic (exact) mass is 430 g/mol. The van der Waals surface area contributed by atoms with Crippen LogP contribution in [-0.4, -0.2) is 44.0 Å². The SMILES string of the molecule is COc1cc2c(cc1OC)C(c1cccs1)N(C(=O)CCCCCNC(C)=O)CC2. The Bertz CT molecular complexity index is 866. The van der Waals surface area contributed by atoms with Crippen molar-refractivity contribution in [1.82, 2.24) is 10.2 Å². The van der Waals surface area contributed by atoms with Crippen LogP contribution >= 0.6 is 11.3 Å². The molecule has 7 heteroatoms. The van der Waals surface area contributed by atoms with E-state index in [-0.39, 0.29) is 17.9 Å². The van der Waals surface area contributed by atoms with Gasteiger partial charge in [0.15, 0.2) is 11.5 Å². The number of carbonyl (C=O) groups excluding carboxylic acids is 2. The van der Waals surface area contributed by atoms with Crippen molar-refractivity contribution in [2.45, 2.75) is 45.1 Å². The minimum Gasteiger partial charge on any atom is -0.493 e. The Morgan fingerprint density at radius 2 is 1.93 bits per heavy atom. The number of hydrogen-bond donors (Lipinski definition) is 1. The molecule has 0 spiro atoms. The Balaban J connectivity index is 1.75. The van der Waals surface area contributed by atoms with Crippen LogP contribution in [0.15, 0.2) is 29.6 Å². The second kappa shape index (κ2) is 10.5. The summed E-state index contributed by atoms with van der Waals surface area (Å²) in [5, 5.41) is 4.85. The first-order valence-corrected chi connectivity index (χ1v) is 11.2. The van der Waals surface area contributed by atoms with Gasteiger partial charge in [-0.2, -0.15) is 0 Å². The highest BCUT2D eigenvalue weighted by Crippen LogP contribution is 2.42. The molecule has 6 nitrogen and oxygen atoms in total. The Labute approximate surface area is 182 Å². The van der Waals surface area contributed by atoms with Crippen LogP contribution in [0.2, 0.25) is 0 Å². The van der Waals surface area contributed by atoms with E-state index < -0.39 is 0 Å². The molecule has 0 fully saturated rings. The third kappa shape index (κ3) is 5.14. The molecular weight excluding hydrogens is 400 g/mol. The van der Waals surface area contributed by atoms with Gasteiger partial charge in [-0.3, -0.25) is 9.59 Å². The van der Waals surface area contributed by atoms with Crippen molar-refractivity contribution < 1.29 is 19.1 Å². The molecule has 1 aromatic carbocycles. The molecule has 1 aliphatic heterocycles. The van der Waals surface area contributed by atoms with Gasteiger partial charge in [-0.05, 0) is 54.0 Å². The Kier molecular flexibility index (Phi) is 7.74. The number of thiophene rings is 1. The maximum atomic E-state index is 13.1. The number of nitrogens with one attached hydrogen (secondary N) is 1. The summed E-state index contributed by atoms with van der Waals surface area (Å²) in [6.07, 6.45) is 3.95. The van der Waals surface area contributed by atoms with Crippen molar-refractivity contribution in [2.24, 2.45) is 0 Å². The van der Waals surface area contributed by atoms with Gasteiger partial charge in [0.1, 0.15) is 0 Å². The fraction of sp³-hybridized carbons (Fsp3) is 0.478. The van der Waals surface area contributed by atoms with Crippen molar-refractivity contribution in [3.63, 3.8) is 0 Å². The van der Waals surface area contributed by atoms with Crippen LogP contribution in [0.1, 0.15) is 54.7 Å². The highest BCUT2D eigenvalue weighted by molar-refractivity contribution is 7.10. The highest BCUT2D eigenvalue weighted by Gasteiger charge is 2.33. The smallest absolute Gasteiger partial charge is 0.223 e. The summed E-state index contributed by atoms with van der Waals surface area (Å²) in [6, 6.07) is 8.08. The molecule has 1 aromatic heterocycles. The van der Waals surface area contributed by atoms with Crippen LogP contribution in [0.25, 0.3) is 0 Å². The van der Waals surface area contributed by atoms with Gasteiger partial charge in [-0.25, -0.2) is 0 Å². The van der Waals surface area contributed by atoms with E-state index in [4.69, 9.17) is 9.47 Å². The topological polar surface area (TPSA) is 67.9 Å². The fourth-order valence-corrected chi connectivity index (χ4v) is 4.81. The number of fused-ring (bicyclic) bond motifs is 1.